The summed E-state index contributed by atoms with van der Waals surface area (Å²) in [7, 11) is 0. The number of carboxylic acid groups (broad SMARTS) is 2. The smallest absolute Gasteiger partial charge is 0.475 e. The summed E-state index contributed by atoms with van der Waals surface area (Å²) in [5.74, 6) is -3.70. The Labute approximate surface area is 228 Å². The van der Waals surface area contributed by atoms with E-state index in [-0.39, 0.29) is 11.9 Å². The van der Waals surface area contributed by atoms with E-state index in [1.807, 2.05) is 25.3 Å². The van der Waals surface area contributed by atoms with E-state index in [1.54, 1.807) is 24.5 Å². The zero-order chi connectivity index (χ0) is 30.8. The minimum absolute atomic E-state index is 0.0949. The number of nitrogens with one attached hydrogen (secondary N) is 1. The number of nitrogens with zero attached hydrogens (tertiary/aromatic N) is 4. The van der Waals surface area contributed by atoms with Gasteiger partial charge in [-0.25, -0.2) is 9.59 Å². The first-order chi connectivity index (χ1) is 19.1. The molecule has 4 heterocycles. The number of halogens is 6. The average Bonchev–Trinajstić information content (AvgIpc) is 3.53. The van der Waals surface area contributed by atoms with Gasteiger partial charge < -0.3 is 19.9 Å². The molecule has 3 N–H and O–H groups in total. The lowest BCUT2D eigenvalue weighted by Gasteiger charge is -2.33. The van der Waals surface area contributed by atoms with Gasteiger partial charge in [0.2, 0.25) is 0 Å². The van der Waals surface area contributed by atoms with Crippen LogP contribution in [-0.4, -0.2) is 73.2 Å². The molecule has 0 fully saturated rings. The highest BCUT2D eigenvalue weighted by Gasteiger charge is 2.38. The van der Waals surface area contributed by atoms with E-state index in [0.717, 1.165) is 37.6 Å². The molecular formula is C24H25F6N5O6. The van der Waals surface area contributed by atoms with Gasteiger partial charge in [0.05, 0.1) is 23.8 Å². The van der Waals surface area contributed by atoms with Crippen molar-refractivity contribution >= 4 is 17.8 Å². The second-order valence-electron chi connectivity index (χ2n) is 8.50. The Bertz CT molecular complexity index is 1270. The number of carboxylic acids is 2. The Morgan fingerprint density at radius 2 is 1.66 bits per heavy atom. The van der Waals surface area contributed by atoms with Crippen LogP contribution in [0.2, 0.25) is 0 Å². The third kappa shape index (κ3) is 10.9. The molecule has 1 aliphatic heterocycles. The van der Waals surface area contributed by atoms with Crippen LogP contribution >= 0.6 is 0 Å². The van der Waals surface area contributed by atoms with E-state index in [0.29, 0.717) is 12.1 Å². The summed E-state index contributed by atoms with van der Waals surface area (Å²) in [6.45, 7) is 5.04. The third-order valence-corrected chi connectivity index (χ3v) is 5.30. The van der Waals surface area contributed by atoms with Crippen LogP contribution in [0.4, 0.5) is 26.3 Å². The van der Waals surface area contributed by atoms with Crippen LogP contribution < -0.4 is 5.32 Å². The van der Waals surface area contributed by atoms with Crippen molar-refractivity contribution in [3.63, 3.8) is 0 Å². The molecule has 41 heavy (non-hydrogen) atoms. The molecule has 1 amide bonds. The van der Waals surface area contributed by atoms with Crippen molar-refractivity contribution < 1.29 is 55.4 Å². The maximum absolute atomic E-state index is 12.2. The van der Waals surface area contributed by atoms with Crippen molar-refractivity contribution in [2.45, 2.75) is 44.8 Å². The Morgan fingerprint density at radius 1 is 1.02 bits per heavy atom. The highest BCUT2D eigenvalue weighted by Crippen LogP contribution is 2.24. The molecule has 11 nitrogen and oxygen atoms in total. The largest absolute Gasteiger partial charge is 0.490 e. The molecule has 1 unspecified atom stereocenters. The second kappa shape index (κ2) is 14.3. The molecule has 0 aromatic carbocycles. The van der Waals surface area contributed by atoms with Crippen molar-refractivity contribution in [1.29, 1.82) is 0 Å². The standard InChI is InChI=1S/C20H23N5O2.2C2HF3O2/c1-15-4-5-19(27-15)14-24-12-17(25-18(13-24)7-10-23-25)6-9-22-20(26)16-3-2-8-21-11-16;2*3-2(4,5)1(6)7/h2-5,7-8,10-11,17H,6,9,12-14H2,1H3,(H,22,26);2*(H,6,7). The van der Waals surface area contributed by atoms with E-state index in [1.165, 1.54) is 5.69 Å². The first-order valence-electron chi connectivity index (χ1n) is 11.7. The van der Waals surface area contributed by atoms with Crippen molar-refractivity contribution in [2.24, 2.45) is 0 Å². The highest BCUT2D eigenvalue weighted by atomic mass is 19.4. The average molecular weight is 593 g/mol. The number of fused-ring (bicyclic) bond motifs is 1. The van der Waals surface area contributed by atoms with E-state index >= 15 is 0 Å². The molecule has 224 valence electrons. The van der Waals surface area contributed by atoms with Gasteiger partial charge in [-0.1, -0.05) is 0 Å². The van der Waals surface area contributed by atoms with Gasteiger partial charge >= 0.3 is 24.3 Å². The first-order valence-corrected chi connectivity index (χ1v) is 11.7. The van der Waals surface area contributed by atoms with Crippen molar-refractivity contribution in [3.05, 3.63) is 71.7 Å². The summed E-state index contributed by atoms with van der Waals surface area (Å²) in [5, 5.41) is 21.7. The minimum atomic E-state index is -5.08. The maximum Gasteiger partial charge on any atom is 0.490 e. The van der Waals surface area contributed by atoms with Gasteiger partial charge in [0.25, 0.3) is 5.91 Å². The van der Waals surface area contributed by atoms with E-state index < -0.39 is 24.3 Å². The SMILES string of the molecule is Cc1ccc(CN2Cc3ccnn3C(CCNC(=O)c3cccnc3)C2)o1.O=C(O)C(F)(F)F.O=C(O)C(F)(F)F. The zero-order valence-electron chi connectivity index (χ0n) is 21.3. The third-order valence-electron chi connectivity index (χ3n) is 5.30. The number of carbonyl (C=O) groups is 3. The molecule has 0 saturated carbocycles. The maximum atomic E-state index is 12.2. The number of hydrogen-bond acceptors (Lipinski definition) is 7. The van der Waals surface area contributed by atoms with Crippen LogP contribution in [0, 0.1) is 6.92 Å². The molecule has 3 aromatic rings. The molecule has 0 saturated heterocycles. The summed E-state index contributed by atoms with van der Waals surface area (Å²) in [4.78, 5) is 36.3. The summed E-state index contributed by atoms with van der Waals surface area (Å²) in [6.07, 6.45) is -4.27. The number of aromatic nitrogens is 3. The molecular weight excluding hydrogens is 568 g/mol. The Morgan fingerprint density at radius 3 is 2.17 bits per heavy atom. The van der Waals surface area contributed by atoms with Crippen LogP contribution in [0.3, 0.4) is 0 Å². The Kier molecular flexibility index (Phi) is 11.4. The molecule has 4 rings (SSSR count). The number of pyridine rings is 1. The fraction of sp³-hybridized carbons (Fsp3) is 0.375. The first kappa shape index (κ1) is 32.8. The van der Waals surface area contributed by atoms with Crippen LogP contribution in [0.5, 0.6) is 0 Å². The second-order valence-corrected chi connectivity index (χ2v) is 8.50. The van der Waals surface area contributed by atoms with E-state index in [4.69, 9.17) is 24.2 Å². The molecule has 0 aliphatic carbocycles. The van der Waals surface area contributed by atoms with E-state index in [9.17, 15) is 31.1 Å². The zero-order valence-corrected chi connectivity index (χ0v) is 21.3. The van der Waals surface area contributed by atoms with Gasteiger partial charge in [-0.05, 0) is 43.7 Å². The van der Waals surface area contributed by atoms with Crippen LogP contribution in [0.1, 0.15) is 40.0 Å². The Balaban J connectivity index is 0.000000349. The highest BCUT2D eigenvalue weighted by molar-refractivity contribution is 5.93. The lowest BCUT2D eigenvalue weighted by molar-refractivity contribution is -0.193. The predicted molar refractivity (Wildman–Crippen MR) is 127 cm³/mol. The molecule has 0 bridgehead atoms. The van der Waals surface area contributed by atoms with Gasteiger partial charge in [-0.15, -0.1) is 0 Å². The summed E-state index contributed by atoms with van der Waals surface area (Å²) in [6, 6.07) is 9.83. The van der Waals surface area contributed by atoms with Gasteiger partial charge in [0, 0.05) is 38.2 Å². The van der Waals surface area contributed by atoms with E-state index in [2.05, 4.69) is 31.0 Å². The number of carbonyl (C=O) groups excluding carboxylic acids is 1. The van der Waals surface area contributed by atoms with Crippen LogP contribution in [-0.2, 0) is 22.7 Å². The number of aliphatic carboxylic acids is 2. The predicted octanol–water partition coefficient (Wildman–Crippen LogP) is 3.82. The summed E-state index contributed by atoms with van der Waals surface area (Å²) in [5.41, 5.74) is 1.77. The van der Waals surface area contributed by atoms with Gasteiger partial charge in [-0.3, -0.25) is 19.4 Å². The quantitative estimate of drug-likeness (QED) is 0.363. The number of rotatable bonds is 6. The fourth-order valence-corrected chi connectivity index (χ4v) is 3.54. The lowest BCUT2D eigenvalue weighted by atomic mass is 10.1. The molecule has 0 spiro atoms. The molecule has 17 heteroatoms. The normalized spacial score (nSPS) is 15.0. The fourth-order valence-electron chi connectivity index (χ4n) is 3.54. The monoisotopic (exact) mass is 593 g/mol. The minimum Gasteiger partial charge on any atom is -0.475 e. The van der Waals surface area contributed by atoms with Crippen molar-refractivity contribution in [3.8, 4) is 0 Å². The number of hydrogen-bond donors (Lipinski definition) is 3. The van der Waals surface area contributed by atoms with Crippen LogP contribution in [0.15, 0.2) is 53.3 Å². The number of furan rings is 1. The molecule has 0 radical (unpaired) electrons. The van der Waals surface area contributed by atoms with Gasteiger partial charge in [0.15, 0.2) is 0 Å². The number of alkyl halides is 6. The van der Waals surface area contributed by atoms with Crippen molar-refractivity contribution in [1.82, 2.24) is 25.0 Å². The van der Waals surface area contributed by atoms with Crippen molar-refractivity contribution in [2.75, 3.05) is 13.1 Å². The van der Waals surface area contributed by atoms with Gasteiger partial charge in [-0.2, -0.15) is 31.4 Å². The number of amides is 1. The summed E-state index contributed by atoms with van der Waals surface area (Å²) >= 11 is 0. The molecule has 1 aliphatic rings. The summed E-state index contributed by atoms with van der Waals surface area (Å²) < 4.78 is 71.3. The molecule has 1 atom stereocenters. The topological polar surface area (TPSA) is 151 Å². The Hall–Kier alpha value is -4.41. The molecule has 3 aromatic heterocycles. The number of aryl methyl sites for hydroxylation is 1. The van der Waals surface area contributed by atoms with Gasteiger partial charge in [0.1, 0.15) is 11.5 Å². The lowest BCUT2D eigenvalue weighted by Crippen LogP contribution is -2.38. The van der Waals surface area contributed by atoms with Crippen LogP contribution in [0.25, 0.3) is 0 Å².